The van der Waals surface area contributed by atoms with Gasteiger partial charge in [0.05, 0.1) is 24.5 Å². The molecule has 7 heteroatoms. The molecule has 0 bridgehead atoms. The minimum absolute atomic E-state index is 0.0468. The fraction of sp³-hybridized carbons (Fsp3) is 0.625. The molecule has 2 heterocycles. The number of nitrogens with one attached hydrogen (secondary N) is 1. The first-order valence-corrected chi connectivity index (χ1v) is 11.4. The molecule has 1 aromatic rings. The third-order valence-electron chi connectivity index (χ3n) is 5.97. The van der Waals surface area contributed by atoms with Gasteiger partial charge >= 0.3 is 12.0 Å². The van der Waals surface area contributed by atoms with Gasteiger partial charge in [-0.3, -0.25) is 9.59 Å². The highest BCUT2D eigenvalue weighted by atomic mass is 16.5. The van der Waals surface area contributed by atoms with Gasteiger partial charge in [-0.25, -0.2) is 4.79 Å². The zero-order chi connectivity index (χ0) is 22.4. The molecule has 2 unspecified atom stereocenters. The minimum Gasteiger partial charge on any atom is -0.463 e. The molecule has 170 valence electrons. The molecule has 0 aliphatic carbocycles. The van der Waals surface area contributed by atoms with Gasteiger partial charge in [0, 0.05) is 26.2 Å². The lowest BCUT2D eigenvalue weighted by Crippen LogP contribution is -2.50. The highest BCUT2D eigenvalue weighted by Crippen LogP contribution is 2.23. The highest BCUT2D eigenvalue weighted by Gasteiger charge is 2.32. The molecule has 0 spiro atoms. The maximum absolute atomic E-state index is 13.1. The Hall–Kier alpha value is -2.57. The quantitative estimate of drug-likeness (QED) is 0.703. The number of nitrogens with zero attached hydrogens (tertiary/aromatic N) is 2. The van der Waals surface area contributed by atoms with Gasteiger partial charge in [-0.15, -0.1) is 0 Å². The second-order valence-electron chi connectivity index (χ2n) is 8.98. The van der Waals surface area contributed by atoms with E-state index in [2.05, 4.69) is 5.32 Å². The third-order valence-corrected chi connectivity index (χ3v) is 5.97. The van der Waals surface area contributed by atoms with E-state index in [-0.39, 0.29) is 36.4 Å². The average molecular weight is 430 g/mol. The van der Waals surface area contributed by atoms with E-state index in [9.17, 15) is 14.4 Å². The number of carbonyl (C=O) groups is 3. The summed E-state index contributed by atoms with van der Waals surface area (Å²) in [6, 6.07) is 7.41. The summed E-state index contributed by atoms with van der Waals surface area (Å²) in [5, 5.41) is 3.06. The number of aryl methyl sites for hydroxylation is 1. The molecule has 1 aromatic carbocycles. The summed E-state index contributed by atoms with van der Waals surface area (Å²) >= 11 is 0. The predicted molar refractivity (Wildman–Crippen MR) is 118 cm³/mol. The largest absolute Gasteiger partial charge is 0.463 e. The van der Waals surface area contributed by atoms with Gasteiger partial charge < -0.3 is 19.9 Å². The van der Waals surface area contributed by atoms with Crippen LogP contribution in [0.25, 0.3) is 0 Å². The van der Waals surface area contributed by atoms with E-state index in [0.717, 1.165) is 49.9 Å². The van der Waals surface area contributed by atoms with Crippen LogP contribution in [0.1, 0.15) is 63.1 Å². The first kappa shape index (κ1) is 23.1. The molecule has 0 saturated carbocycles. The Morgan fingerprint density at radius 3 is 2.32 bits per heavy atom. The molecule has 3 amide bonds. The van der Waals surface area contributed by atoms with E-state index in [1.165, 1.54) is 0 Å². The Bertz CT molecular complexity index is 772. The van der Waals surface area contributed by atoms with Crippen LogP contribution >= 0.6 is 0 Å². The molecule has 0 radical (unpaired) electrons. The number of hydrogen-bond donors (Lipinski definition) is 1. The highest BCUT2D eigenvalue weighted by molar-refractivity contribution is 5.82. The first-order valence-electron chi connectivity index (χ1n) is 11.4. The summed E-state index contributed by atoms with van der Waals surface area (Å²) in [6.07, 6.45) is 3.53. The molecule has 2 atom stereocenters. The number of ether oxygens (including phenoxy) is 1. The Balaban J connectivity index is 1.66. The van der Waals surface area contributed by atoms with Crippen molar-refractivity contribution in [2.75, 3.05) is 26.2 Å². The smallest absolute Gasteiger partial charge is 0.320 e. The zero-order valence-electron chi connectivity index (χ0n) is 18.9. The summed E-state index contributed by atoms with van der Waals surface area (Å²) in [7, 11) is 0. The predicted octanol–water partition coefficient (Wildman–Crippen LogP) is 3.42. The van der Waals surface area contributed by atoms with Crippen molar-refractivity contribution in [3.05, 3.63) is 35.4 Å². The van der Waals surface area contributed by atoms with E-state index in [0.29, 0.717) is 13.1 Å². The number of esters is 1. The normalized spacial score (nSPS) is 19.9. The van der Waals surface area contributed by atoms with Crippen molar-refractivity contribution in [3.63, 3.8) is 0 Å². The van der Waals surface area contributed by atoms with Crippen molar-refractivity contribution < 1.29 is 19.1 Å². The number of likely N-dealkylation sites (tertiary alicyclic amines) is 2. The number of piperidine rings is 1. The topological polar surface area (TPSA) is 79.0 Å². The van der Waals surface area contributed by atoms with Gasteiger partial charge in [-0.2, -0.15) is 0 Å². The van der Waals surface area contributed by atoms with Crippen LogP contribution in [-0.2, 0) is 14.3 Å². The van der Waals surface area contributed by atoms with Crippen molar-refractivity contribution in [1.82, 2.24) is 15.1 Å². The van der Waals surface area contributed by atoms with Crippen molar-refractivity contribution >= 4 is 17.9 Å². The molecular formula is C24H35N3O4. The van der Waals surface area contributed by atoms with E-state index < -0.39 is 6.04 Å². The summed E-state index contributed by atoms with van der Waals surface area (Å²) in [6.45, 7) is 8.36. The number of urea groups is 1. The third kappa shape index (κ3) is 6.45. The van der Waals surface area contributed by atoms with Crippen LogP contribution < -0.4 is 5.32 Å². The number of rotatable bonds is 6. The zero-order valence-corrected chi connectivity index (χ0v) is 18.9. The fourth-order valence-electron chi connectivity index (χ4n) is 4.29. The van der Waals surface area contributed by atoms with Gasteiger partial charge in [-0.05, 0) is 52.0 Å². The number of hydrogen-bond acceptors (Lipinski definition) is 4. The van der Waals surface area contributed by atoms with Gasteiger partial charge in [0.1, 0.15) is 0 Å². The molecule has 2 aliphatic heterocycles. The van der Waals surface area contributed by atoms with Crippen LogP contribution in [0.15, 0.2) is 24.3 Å². The van der Waals surface area contributed by atoms with Crippen LogP contribution in [0.2, 0.25) is 0 Å². The lowest BCUT2D eigenvalue weighted by molar-refractivity contribution is -0.148. The summed E-state index contributed by atoms with van der Waals surface area (Å²) in [5.41, 5.74) is 1.99. The van der Waals surface area contributed by atoms with Crippen molar-refractivity contribution in [3.8, 4) is 0 Å². The molecular weight excluding hydrogens is 394 g/mol. The van der Waals surface area contributed by atoms with Gasteiger partial charge in [0.15, 0.2) is 0 Å². The first-order chi connectivity index (χ1) is 14.8. The molecule has 0 aromatic heterocycles. The van der Waals surface area contributed by atoms with Crippen LogP contribution in [-0.4, -0.2) is 60.0 Å². The average Bonchev–Trinajstić information content (AvgIpc) is 3.27. The SMILES string of the molecule is Cc1ccc(C(CC(=O)OC(C)C)NC(=O)C2CCCN(C(=O)N3CCCC3)C2)cc1. The molecule has 1 N–H and O–H groups in total. The van der Waals surface area contributed by atoms with Crippen molar-refractivity contribution in [1.29, 1.82) is 0 Å². The second-order valence-corrected chi connectivity index (χ2v) is 8.98. The van der Waals surface area contributed by atoms with Gasteiger partial charge in [0.2, 0.25) is 5.91 Å². The van der Waals surface area contributed by atoms with Gasteiger partial charge in [-0.1, -0.05) is 29.8 Å². The molecule has 31 heavy (non-hydrogen) atoms. The Kier molecular flexibility index (Phi) is 7.93. The number of carbonyl (C=O) groups excluding carboxylic acids is 3. The van der Waals surface area contributed by atoms with Gasteiger partial charge in [0.25, 0.3) is 0 Å². The van der Waals surface area contributed by atoms with Crippen molar-refractivity contribution in [2.45, 2.75) is 65.0 Å². The van der Waals surface area contributed by atoms with Crippen LogP contribution in [0.5, 0.6) is 0 Å². The molecule has 2 saturated heterocycles. The summed E-state index contributed by atoms with van der Waals surface area (Å²) in [5.74, 6) is -0.716. The van der Waals surface area contributed by atoms with Crippen LogP contribution in [0.4, 0.5) is 4.79 Å². The Morgan fingerprint density at radius 2 is 1.68 bits per heavy atom. The van der Waals surface area contributed by atoms with Crippen LogP contribution in [0.3, 0.4) is 0 Å². The van der Waals surface area contributed by atoms with Crippen LogP contribution in [0, 0.1) is 12.8 Å². The van der Waals surface area contributed by atoms with E-state index >= 15 is 0 Å². The number of amides is 3. The monoisotopic (exact) mass is 429 g/mol. The maximum atomic E-state index is 13.1. The Labute approximate surface area is 185 Å². The lowest BCUT2D eigenvalue weighted by Gasteiger charge is -2.35. The summed E-state index contributed by atoms with van der Waals surface area (Å²) in [4.78, 5) is 41.9. The standard InChI is InChI=1S/C24H35N3O4/c1-17(2)31-22(28)15-21(19-10-8-18(3)9-11-19)25-23(29)20-7-6-14-27(16-20)24(30)26-12-4-5-13-26/h8-11,17,20-21H,4-7,12-16H2,1-3H3,(H,25,29). The van der Waals surface area contributed by atoms with E-state index in [1.807, 2.05) is 54.8 Å². The lowest BCUT2D eigenvalue weighted by atomic mass is 9.95. The minimum atomic E-state index is -0.455. The summed E-state index contributed by atoms with van der Waals surface area (Å²) < 4.78 is 5.31. The molecule has 2 fully saturated rings. The second kappa shape index (κ2) is 10.6. The fourth-order valence-corrected chi connectivity index (χ4v) is 4.29. The van der Waals surface area contributed by atoms with E-state index in [4.69, 9.17) is 4.74 Å². The van der Waals surface area contributed by atoms with Crippen molar-refractivity contribution in [2.24, 2.45) is 5.92 Å². The maximum Gasteiger partial charge on any atom is 0.320 e. The Morgan fingerprint density at radius 1 is 1.03 bits per heavy atom. The van der Waals surface area contributed by atoms with E-state index in [1.54, 1.807) is 0 Å². The number of benzene rings is 1. The molecule has 2 aliphatic rings. The molecule has 3 rings (SSSR count). The molecule has 7 nitrogen and oxygen atoms in total.